The number of morpholine rings is 1. The normalized spacial score (nSPS) is 20.4. The molecule has 2 heterocycles. The summed E-state index contributed by atoms with van der Waals surface area (Å²) in [7, 11) is 1.60. The van der Waals surface area contributed by atoms with Gasteiger partial charge < -0.3 is 15.0 Å². The van der Waals surface area contributed by atoms with E-state index in [1.54, 1.807) is 31.4 Å². The van der Waals surface area contributed by atoms with Crippen LogP contribution in [0.5, 0.6) is 0 Å². The van der Waals surface area contributed by atoms with E-state index < -0.39 is 18.1 Å². The van der Waals surface area contributed by atoms with Crippen LogP contribution >= 0.6 is 0 Å². The number of aryl methyl sites for hydroxylation is 1. The molecule has 1 saturated heterocycles. The lowest BCUT2D eigenvalue weighted by atomic mass is 9.97. The minimum atomic E-state index is -0.921. The van der Waals surface area contributed by atoms with Gasteiger partial charge in [0.2, 0.25) is 5.91 Å². The molecular weight excluding hydrogens is 325 g/mol. The number of hydrogen-bond acceptors (Lipinski definition) is 4. The van der Waals surface area contributed by atoms with Gasteiger partial charge in [0.15, 0.2) is 6.10 Å². The molecule has 1 aromatic carbocycles. The molecule has 0 bridgehead atoms. The Hall–Kier alpha value is -2.80. The highest BCUT2D eigenvalue weighted by atomic mass is 19.1. The van der Waals surface area contributed by atoms with Crippen LogP contribution in [0.4, 0.5) is 10.2 Å². The molecule has 2 aromatic rings. The molecule has 2 atom stereocenters. The third-order valence-electron chi connectivity index (χ3n) is 4.12. The van der Waals surface area contributed by atoms with Gasteiger partial charge in [-0.1, -0.05) is 12.1 Å². The number of aromatic nitrogens is 1. The van der Waals surface area contributed by atoms with Crippen molar-refractivity contribution in [1.29, 1.82) is 0 Å². The fourth-order valence-corrected chi connectivity index (χ4v) is 2.79. The van der Waals surface area contributed by atoms with Crippen LogP contribution in [0.25, 0.3) is 0 Å². The monoisotopic (exact) mass is 343 g/mol. The van der Waals surface area contributed by atoms with Crippen molar-refractivity contribution in [1.82, 2.24) is 9.88 Å². The topological polar surface area (TPSA) is 71.5 Å². The summed E-state index contributed by atoms with van der Waals surface area (Å²) in [5.41, 5.74) is 1.58. The molecule has 7 heteroatoms. The van der Waals surface area contributed by atoms with Crippen molar-refractivity contribution >= 4 is 17.6 Å². The molecule has 0 unspecified atom stereocenters. The molecule has 1 aliphatic rings. The standard InChI is InChI=1S/C18H18FN3O3/c1-11-7-8-20-14(9-11)21-18(24)17-16(22(2)15(23)10-25-17)12-3-5-13(19)6-4-12/h3-9,16-17H,10H2,1-2H3,(H,20,21,24)/t16-,17-/m1/s1. The van der Waals surface area contributed by atoms with Crippen molar-refractivity contribution in [2.24, 2.45) is 0 Å². The first-order chi connectivity index (χ1) is 12.0. The Labute approximate surface area is 144 Å². The van der Waals surface area contributed by atoms with Crippen molar-refractivity contribution in [2.45, 2.75) is 19.1 Å². The maximum absolute atomic E-state index is 13.2. The number of nitrogens with zero attached hydrogens (tertiary/aromatic N) is 2. The maximum atomic E-state index is 13.2. The summed E-state index contributed by atoms with van der Waals surface area (Å²) in [4.78, 5) is 30.2. The maximum Gasteiger partial charge on any atom is 0.257 e. The predicted octanol–water partition coefficient (Wildman–Crippen LogP) is 2.07. The van der Waals surface area contributed by atoms with E-state index in [0.717, 1.165) is 5.56 Å². The van der Waals surface area contributed by atoms with Gasteiger partial charge in [0.25, 0.3) is 5.91 Å². The summed E-state index contributed by atoms with van der Waals surface area (Å²) >= 11 is 0. The predicted molar refractivity (Wildman–Crippen MR) is 89.3 cm³/mol. The van der Waals surface area contributed by atoms with Gasteiger partial charge in [-0.05, 0) is 42.3 Å². The molecule has 1 fully saturated rings. The lowest BCUT2D eigenvalue weighted by molar-refractivity contribution is -0.160. The molecule has 2 amide bonds. The Morgan fingerprint density at radius 2 is 2.04 bits per heavy atom. The summed E-state index contributed by atoms with van der Waals surface area (Å²) in [6.07, 6.45) is 0.676. The van der Waals surface area contributed by atoms with Gasteiger partial charge in [-0.3, -0.25) is 9.59 Å². The molecule has 0 radical (unpaired) electrons. The lowest BCUT2D eigenvalue weighted by Crippen LogP contribution is -2.51. The number of carbonyl (C=O) groups is 2. The summed E-state index contributed by atoms with van der Waals surface area (Å²) < 4.78 is 18.7. The highest BCUT2D eigenvalue weighted by molar-refractivity contribution is 5.95. The number of halogens is 1. The number of nitrogens with one attached hydrogen (secondary N) is 1. The second-order valence-electron chi connectivity index (χ2n) is 5.94. The molecule has 1 N–H and O–H groups in total. The molecule has 0 spiro atoms. The van der Waals surface area contributed by atoms with Crippen molar-refractivity contribution in [2.75, 3.05) is 19.0 Å². The van der Waals surface area contributed by atoms with Gasteiger partial charge in [-0.25, -0.2) is 9.37 Å². The molecule has 25 heavy (non-hydrogen) atoms. The first kappa shape index (κ1) is 17.0. The SMILES string of the molecule is Cc1ccnc(NC(=O)[C@@H]2OCC(=O)N(C)[C@@H]2c2ccc(F)cc2)c1. The van der Waals surface area contributed by atoms with E-state index in [9.17, 15) is 14.0 Å². The van der Waals surface area contributed by atoms with Crippen LogP contribution in [-0.4, -0.2) is 41.5 Å². The Morgan fingerprint density at radius 3 is 2.72 bits per heavy atom. The van der Waals surface area contributed by atoms with Crippen LogP contribution in [-0.2, 0) is 14.3 Å². The first-order valence-corrected chi connectivity index (χ1v) is 7.82. The molecule has 0 aliphatic carbocycles. The number of ether oxygens (including phenoxy) is 1. The second kappa shape index (κ2) is 6.98. The first-order valence-electron chi connectivity index (χ1n) is 7.82. The summed E-state index contributed by atoms with van der Waals surface area (Å²) in [6, 6.07) is 8.58. The van der Waals surface area contributed by atoms with Crippen LogP contribution < -0.4 is 5.32 Å². The molecule has 130 valence electrons. The summed E-state index contributed by atoms with van der Waals surface area (Å²) in [5.74, 6) is -0.635. The van der Waals surface area contributed by atoms with E-state index >= 15 is 0 Å². The van der Waals surface area contributed by atoms with Gasteiger partial charge in [-0.2, -0.15) is 0 Å². The zero-order valence-corrected chi connectivity index (χ0v) is 13.9. The highest BCUT2D eigenvalue weighted by Gasteiger charge is 2.40. The summed E-state index contributed by atoms with van der Waals surface area (Å²) in [5, 5.41) is 2.71. The number of anilines is 1. The number of rotatable bonds is 3. The Bertz CT molecular complexity index is 794. The van der Waals surface area contributed by atoms with Gasteiger partial charge in [0, 0.05) is 13.2 Å². The van der Waals surface area contributed by atoms with Crippen LogP contribution in [0.15, 0.2) is 42.6 Å². The van der Waals surface area contributed by atoms with Crippen LogP contribution in [0, 0.1) is 12.7 Å². The minimum absolute atomic E-state index is 0.187. The quantitative estimate of drug-likeness (QED) is 0.926. The Morgan fingerprint density at radius 1 is 1.32 bits per heavy atom. The average Bonchev–Trinajstić information content (AvgIpc) is 2.58. The van der Waals surface area contributed by atoms with Crippen molar-refractivity contribution < 1.29 is 18.7 Å². The van der Waals surface area contributed by atoms with Crippen molar-refractivity contribution in [3.8, 4) is 0 Å². The number of carbonyl (C=O) groups excluding carboxylic acids is 2. The summed E-state index contributed by atoms with van der Waals surface area (Å²) in [6.45, 7) is 1.70. The average molecular weight is 343 g/mol. The molecule has 0 saturated carbocycles. The molecule has 3 rings (SSSR count). The fraction of sp³-hybridized carbons (Fsp3) is 0.278. The molecular formula is C18H18FN3O3. The lowest BCUT2D eigenvalue weighted by Gasteiger charge is -2.38. The van der Waals surface area contributed by atoms with Gasteiger partial charge in [0.1, 0.15) is 18.2 Å². The Kier molecular flexibility index (Phi) is 4.76. The molecule has 1 aromatic heterocycles. The van der Waals surface area contributed by atoms with Gasteiger partial charge in [-0.15, -0.1) is 0 Å². The number of amides is 2. The third-order valence-corrected chi connectivity index (χ3v) is 4.12. The van der Waals surface area contributed by atoms with E-state index in [-0.39, 0.29) is 18.3 Å². The number of hydrogen-bond donors (Lipinski definition) is 1. The van der Waals surface area contributed by atoms with Gasteiger partial charge >= 0.3 is 0 Å². The molecule has 1 aliphatic heterocycles. The van der Waals surface area contributed by atoms with E-state index in [2.05, 4.69) is 10.3 Å². The minimum Gasteiger partial charge on any atom is -0.356 e. The van der Waals surface area contributed by atoms with E-state index in [1.807, 2.05) is 13.0 Å². The van der Waals surface area contributed by atoms with Gasteiger partial charge in [0.05, 0.1) is 6.04 Å². The third kappa shape index (κ3) is 3.66. The number of benzene rings is 1. The van der Waals surface area contributed by atoms with E-state index in [0.29, 0.717) is 11.4 Å². The zero-order valence-electron chi connectivity index (χ0n) is 13.9. The number of pyridine rings is 1. The van der Waals surface area contributed by atoms with Crippen LogP contribution in [0.2, 0.25) is 0 Å². The number of likely N-dealkylation sites (N-methyl/N-ethyl adjacent to an activating group) is 1. The van der Waals surface area contributed by atoms with Crippen LogP contribution in [0.3, 0.4) is 0 Å². The largest absolute Gasteiger partial charge is 0.356 e. The van der Waals surface area contributed by atoms with E-state index in [4.69, 9.17) is 4.74 Å². The van der Waals surface area contributed by atoms with Crippen molar-refractivity contribution in [3.63, 3.8) is 0 Å². The van der Waals surface area contributed by atoms with Crippen molar-refractivity contribution in [3.05, 3.63) is 59.5 Å². The zero-order chi connectivity index (χ0) is 18.0. The Balaban J connectivity index is 1.87. The second-order valence-corrected chi connectivity index (χ2v) is 5.94. The smallest absolute Gasteiger partial charge is 0.257 e. The van der Waals surface area contributed by atoms with Crippen LogP contribution in [0.1, 0.15) is 17.2 Å². The van der Waals surface area contributed by atoms with E-state index in [1.165, 1.54) is 17.0 Å². The fourth-order valence-electron chi connectivity index (χ4n) is 2.79. The molecule has 6 nitrogen and oxygen atoms in total. The highest BCUT2D eigenvalue weighted by Crippen LogP contribution is 2.30.